The lowest BCUT2D eigenvalue weighted by molar-refractivity contribution is -0.137. The molecule has 0 spiro atoms. The van der Waals surface area contributed by atoms with Crippen LogP contribution in [0.3, 0.4) is 0 Å². The van der Waals surface area contributed by atoms with Gasteiger partial charge in [-0.2, -0.15) is 0 Å². The second-order valence-electron chi connectivity index (χ2n) is 3.52. The van der Waals surface area contributed by atoms with Gasteiger partial charge in [0.15, 0.2) is 5.13 Å². The predicted octanol–water partition coefficient (Wildman–Crippen LogP) is 2.51. The molecular weight excluding hydrogens is 212 g/mol. The number of thiazole rings is 1. The van der Waals surface area contributed by atoms with Crippen LogP contribution >= 0.6 is 11.3 Å². The average Bonchev–Trinajstić information content (AvgIpc) is 2.50. The van der Waals surface area contributed by atoms with Crippen LogP contribution in [0.1, 0.15) is 31.9 Å². The third-order valence-corrected chi connectivity index (χ3v) is 2.90. The molecule has 0 saturated carbocycles. The number of nitrogens with zero attached hydrogens (tertiary/aromatic N) is 1. The molecule has 0 aliphatic carbocycles. The molecule has 1 unspecified atom stereocenters. The summed E-state index contributed by atoms with van der Waals surface area (Å²) < 4.78 is 0. The van der Waals surface area contributed by atoms with E-state index in [0.717, 1.165) is 23.7 Å². The first-order valence-electron chi connectivity index (χ1n) is 5.02. The molecule has 4 nitrogen and oxygen atoms in total. The van der Waals surface area contributed by atoms with Gasteiger partial charge in [0.2, 0.25) is 0 Å². The molecule has 2 N–H and O–H groups in total. The number of nitrogens with one attached hydrogen (secondary N) is 1. The van der Waals surface area contributed by atoms with Crippen LogP contribution in [0.2, 0.25) is 0 Å². The number of carboxylic acid groups (broad SMARTS) is 1. The van der Waals surface area contributed by atoms with Crippen LogP contribution in [0.25, 0.3) is 0 Å². The van der Waals surface area contributed by atoms with Gasteiger partial charge in [-0.1, -0.05) is 13.3 Å². The Kier molecular flexibility index (Phi) is 4.55. The molecule has 0 amide bonds. The van der Waals surface area contributed by atoms with Gasteiger partial charge in [0.1, 0.15) is 0 Å². The third-order valence-electron chi connectivity index (χ3n) is 2.00. The fraction of sp³-hybridized carbons (Fsp3) is 0.600. The SMILES string of the molecule is CCCC(CC(=O)O)Nc1nc(C)cs1. The normalized spacial score (nSPS) is 12.4. The number of aromatic nitrogens is 1. The molecule has 5 heteroatoms. The van der Waals surface area contributed by atoms with E-state index < -0.39 is 5.97 Å². The Morgan fingerprint density at radius 3 is 2.93 bits per heavy atom. The summed E-state index contributed by atoms with van der Waals surface area (Å²) in [7, 11) is 0. The largest absolute Gasteiger partial charge is 0.481 e. The van der Waals surface area contributed by atoms with Crippen molar-refractivity contribution in [3.05, 3.63) is 11.1 Å². The minimum Gasteiger partial charge on any atom is -0.481 e. The number of anilines is 1. The summed E-state index contributed by atoms with van der Waals surface area (Å²) >= 11 is 1.52. The molecule has 84 valence electrons. The van der Waals surface area contributed by atoms with Crippen LogP contribution in [-0.2, 0) is 4.79 Å². The highest BCUT2D eigenvalue weighted by Gasteiger charge is 2.13. The number of hydrogen-bond donors (Lipinski definition) is 2. The van der Waals surface area contributed by atoms with Gasteiger partial charge in [-0.25, -0.2) is 4.98 Å². The number of aryl methyl sites for hydroxylation is 1. The second kappa shape index (κ2) is 5.70. The highest BCUT2D eigenvalue weighted by Crippen LogP contribution is 2.18. The van der Waals surface area contributed by atoms with Crippen molar-refractivity contribution in [3.63, 3.8) is 0 Å². The highest BCUT2D eigenvalue weighted by atomic mass is 32.1. The van der Waals surface area contributed by atoms with Crippen LogP contribution in [0.15, 0.2) is 5.38 Å². The topological polar surface area (TPSA) is 62.2 Å². The molecule has 0 saturated heterocycles. The van der Waals surface area contributed by atoms with Gasteiger partial charge >= 0.3 is 5.97 Å². The molecular formula is C10H16N2O2S. The molecule has 1 rings (SSSR count). The van der Waals surface area contributed by atoms with Gasteiger partial charge in [0.25, 0.3) is 0 Å². The lowest BCUT2D eigenvalue weighted by Crippen LogP contribution is -2.22. The predicted molar refractivity (Wildman–Crippen MR) is 61.4 cm³/mol. The number of carbonyl (C=O) groups is 1. The Bertz CT molecular complexity index is 325. The van der Waals surface area contributed by atoms with E-state index in [4.69, 9.17) is 5.11 Å². The van der Waals surface area contributed by atoms with E-state index in [1.54, 1.807) is 0 Å². The first-order chi connectivity index (χ1) is 7.11. The zero-order chi connectivity index (χ0) is 11.3. The summed E-state index contributed by atoms with van der Waals surface area (Å²) in [5.41, 5.74) is 0.966. The average molecular weight is 228 g/mol. The maximum atomic E-state index is 10.6. The van der Waals surface area contributed by atoms with E-state index in [0.29, 0.717) is 0 Å². The Balaban J connectivity index is 2.53. The number of rotatable bonds is 6. The standard InChI is InChI=1S/C10H16N2O2S/c1-3-4-8(5-9(13)14)12-10-11-7(2)6-15-10/h6,8H,3-5H2,1-2H3,(H,11,12)(H,13,14). The van der Waals surface area contributed by atoms with Crippen molar-refractivity contribution in [2.45, 2.75) is 39.2 Å². The zero-order valence-corrected chi connectivity index (χ0v) is 9.80. The summed E-state index contributed by atoms with van der Waals surface area (Å²) in [4.78, 5) is 14.9. The van der Waals surface area contributed by atoms with Crippen LogP contribution in [0, 0.1) is 6.92 Å². The van der Waals surface area contributed by atoms with Crippen molar-refractivity contribution in [1.29, 1.82) is 0 Å². The first kappa shape index (κ1) is 12.0. The van der Waals surface area contributed by atoms with Crippen molar-refractivity contribution in [2.24, 2.45) is 0 Å². The first-order valence-corrected chi connectivity index (χ1v) is 5.90. The van der Waals surface area contributed by atoms with E-state index in [9.17, 15) is 4.79 Å². The lowest BCUT2D eigenvalue weighted by atomic mass is 10.1. The molecule has 0 bridgehead atoms. The zero-order valence-electron chi connectivity index (χ0n) is 8.99. The fourth-order valence-electron chi connectivity index (χ4n) is 1.38. The quantitative estimate of drug-likeness (QED) is 0.785. The van der Waals surface area contributed by atoms with Gasteiger partial charge in [-0.05, 0) is 13.3 Å². The maximum Gasteiger partial charge on any atom is 0.305 e. The Labute approximate surface area is 93.4 Å². The lowest BCUT2D eigenvalue weighted by Gasteiger charge is -2.14. The summed E-state index contributed by atoms with van der Waals surface area (Å²) in [5, 5.41) is 14.7. The van der Waals surface area contributed by atoms with Crippen LogP contribution in [0.5, 0.6) is 0 Å². The van der Waals surface area contributed by atoms with Crippen LogP contribution < -0.4 is 5.32 Å². The Morgan fingerprint density at radius 2 is 2.47 bits per heavy atom. The molecule has 1 atom stereocenters. The van der Waals surface area contributed by atoms with Gasteiger partial charge in [-0.3, -0.25) is 4.79 Å². The van der Waals surface area contributed by atoms with E-state index in [1.165, 1.54) is 11.3 Å². The second-order valence-corrected chi connectivity index (χ2v) is 4.38. The highest BCUT2D eigenvalue weighted by molar-refractivity contribution is 7.13. The van der Waals surface area contributed by atoms with E-state index in [1.807, 2.05) is 19.2 Å². The van der Waals surface area contributed by atoms with Crippen molar-refractivity contribution in [3.8, 4) is 0 Å². The summed E-state index contributed by atoms with van der Waals surface area (Å²) in [6.45, 7) is 3.97. The maximum absolute atomic E-state index is 10.6. The van der Waals surface area contributed by atoms with E-state index in [-0.39, 0.29) is 12.5 Å². The molecule has 15 heavy (non-hydrogen) atoms. The molecule has 0 aliphatic rings. The molecule has 0 radical (unpaired) electrons. The summed E-state index contributed by atoms with van der Waals surface area (Å²) in [5.74, 6) is -0.769. The monoisotopic (exact) mass is 228 g/mol. The molecule has 1 heterocycles. The van der Waals surface area contributed by atoms with Gasteiger partial charge in [-0.15, -0.1) is 11.3 Å². The van der Waals surface area contributed by atoms with Crippen LogP contribution in [0.4, 0.5) is 5.13 Å². The molecule has 0 aromatic carbocycles. The molecule has 0 aliphatic heterocycles. The van der Waals surface area contributed by atoms with E-state index >= 15 is 0 Å². The minimum absolute atomic E-state index is 0.0157. The van der Waals surface area contributed by atoms with Gasteiger partial charge in [0, 0.05) is 11.4 Å². The number of aliphatic carboxylic acids is 1. The van der Waals surface area contributed by atoms with Crippen molar-refractivity contribution < 1.29 is 9.90 Å². The van der Waals surface area contributed by atoms with Gasteiger partial charge < -0.3 is 10.4 Å². The van der Waals surface area contributed by atoms with Crippen molar-refractivity contribution >= 4 is 22.4 Å². The summed E-state index contributed by atoms with van der Waals surface area (Å²) in [6.07, 6.45) is 1.96. The molecule has 0 fully saturated rings. The van der Waals surface area contributed by atoms with Crippen molar-refractivity contribution in [2.75, 3.05) is 5.32 Å². The Morgan fingerprint density at radius 1 is 1.73 bits per heavy atom. The van der Waals surface area contributed by atoms with E-state index in [2.05, 4.69) is 10.3 Å². The van der Waals surface area contributed by atoms with Crippen molar-refractivity contribution in [1.82, 2.24) is 4.98 Å². The molecule has 1 aromatic rings. The molecule has 1 aromatic heterocycles. The fourth-order valence-corrected chi connectivity index (χ4v) is 2.15. The minimum atomic E-state index is -0.769. The Hall–Kier alpha value is -1.10. The third kappa shape index (κ3) is 4.29. The number of carboxylic acids is 1. The smallest absolute Gasteiger partial charge is 0.305 e. The summed E-state index contributed by atoms with van der Waals surface area (Å²) in [6, 6.07) is -0.0157. The van der Waals surface area contributed by atoms with Crippen LogP contribution in [-0.4, -0.2) is 22.1 Å². The number of hydrogen-bond acceptors (Lipinski definition) is 4. The van der Waals surface area contributed by atoms with Gasteiger partial charge in [0.05, 0.1) is 12.1 Å².